The summed E-state index contributed by atoms with van der Waals surface area (Å²) in [4.78, 5) is 42.9. The van der Waals surface area contributed by atoms with Gasteiger partial charge in [0.25, 0.3) is 11.8 Å². The van der Waals surface area contributed by atoms with Crippen molar-refractivity contribution in [2.75, 3.05) is 5.32 Å². The van der Waals surface area contributed by atoms with Gasteiger partial charge in [0.05, 0.1) is 21.7 Å². The molecule has 32 heavy (non-hydrogen) atoms. The SMILES string of the molecule is CC1(c2cccc(NC(=O)c3cc(-c4cccs4)nc4ccccc34)c2)NC(=O)NC1=O. The van der Waals surface area contributed by atoms with E-state index in [4.69, 9.17) is 4.98 Å². The monoisotopic (exact) mass is 442 g/mol. The lowest BCUT2D eigenvalue weighted by Crippen LogP contribution is -2.40. The van der Waals surface area contributed by atoms with Crippen molar-refractivity contribution in [3.63, 3.8) is 0 Å². The maximum Gasteiger partial charge on any atom is 0.322 e. The van der Waals surface area contributed by atoms with Crippen LogP contribution in [0.15, 0.2) is 72.1 Å². The van der Waals surface area contributed by atoms with E-state index in [2.05, 4.69) is 16.0 Å². The van der Waals surface area contributed by atoms with E-state index < -0.39 is 17.5 Å². The Morgan fingerprint density at radius 1 is 1.03 bits per heavy atom. The number of amides is 4. The zero-order valence-corrected chi connectivity index (χ0v) is 17.8. The molecule has 8 heteroatoms. The van der Waals surface area contributed by atoms with Crippen LogP contribution in [0.3, 0.4) is 0 Å². The standard InChI is InChI=1S/C24H18N4O3S/c1-24(22(30)27-23(31)28-24)14-6-4-7-15(12-14)25-21(29)17-13-19(20-10-5-11-32-20)26-18-9-3-2-8-16(17)18/h2-13H,1H3,(H,25,29)(H2,27,28,30,31). The van der Waals surface area contributed by atoms with Crippen molar-refractivity contribution >= 4 is 45.8 Å². The first-order valence-electron chi connectivity index (χ1n) is 9.93. The third kappa shape index (κ3) is 3.40. The lowest BCUT2D eigenvalue weighted by atomic mass is 9.92. The van der Waals surface area contributed by atoms with E-state index in [0.717, 1.165) is 21.5 Å². The summed E-state index contributed by atoms with van der Waals surface area (Å²) in [5.74, 6) is -0.727. The summed E-state index contributed by atoms with van der Waals surface area (Å²) in [7, 11) is 0. The Morgan fingerprint density at radius 3 is 2.62 bits per heavy atom. The van der Waals surface area contributed by atoms with Gasteiger partial charge < -0.3 is 10.6 Å². The largest absolute Gasteiger partial charge is 0.322 e. The summed E-state index contributed by atoms with van der Waals surface area (Å²) in [6, 6.07) is 19.6. The Hall–Kier alpha value is -4.04. The van der Waals surface area contributed by atoms with E-state index in [0.29, 0.717) is 16.8 Å². The molecule has 3 heterocycles. The molecule has 3 N–H and O–H groups in total. The van der Waals surface area contributed by atoms with Crippen LogP contribution in [0.1, 0.15) is 22.8 Å². The van der Waals surface area contributed by atoms with Gasteiger partial charge in [-0.1, -0.05) is 36.4 Å². The Bertz CT molecular complexity index is 1380. The topological polar surface area (TPSA) is 100 Å². The summed E-state index contributed by atoms with van der Waals surface area (Å²) in [5.41, 5.74) is 1.85. The second kappa shape index (κ2) is 7.58. The minimum Gasteiger partial charge on any atom is -0.322 e. The molecule has 0 radical (unpaired) electrons. The molecule has 0 bridgehead atoms. The van der Waals surface area contributed by atoms with E-state index in [-0.39, 0.29) is 5.91 Å². The summed E-state index contributed by atoms with van der Waals surface area (Å²) in [6.07, 6.45) is 0. The quantitative estimate of drug-likeness (QED) is 0.411. The fraction of sp³-hybridized carbons (Fsp3) is 0.0833. The predicted octanol–water partition coefficient (Wildman–Crippen LogP) is 4.27. The molecule has 1 aliphatic rings. The van der Waals surface area contributed by atoms with Crippen molar-refractivity contribution in [1.29, 1.82) is 0 Å². The highest BCUT2D eigenvalue weighted by atomic mass is 32.1. The van der Waals surface area contributed by atoms with Gasteiger partial charge in [-0.2, -0.15) is 0 Å². The number of pyridine rings is 1. The van der Waals surface area contributed by atoms with Crippen molar-refractivity contribution in [3.8, 4) is 10.6 Å². The third-order valence-corrected chi connectivity index (χ3v) is 6.37. The molecule has 0 spiro atoms. The molecule has 7 nitrogen and oxygen atoms in total. The van der Waals surface area contributed by atoms with Gasteiger partial charge in [-0.15, -0.1) is 11.3 Å². The smallest absolute Gasteiger partial charge is 0.322 e. The van der Waals surface area contributed by atoms with Crippen LogP contribution in [0.2, 0.25) is 0 Å². The van der Waals surface area contributed by atoms with Crippen LogP contribution in [-0.4, -0.2) is 22.8 Å². The van der Waals surface area contributed by atoms with Gasteiger partial charge in [-0.3, -0.25) is 14.9 Å². The third-order valence-electron chi connectivity index (χ3n) is 5.48. The lowest BCUT2D eigenvalue weighted by molar-refractivity contribution is -0.123. The second-order valence-corrected chi connectivity index (χ2v) is 8.57. The number of urea groups is 1. The predicted molar refractivity (Wildman–Crippen MR) is 123 cm³/mol. The molecule has 2 aromatic carbocycles. The van der Waals surface area contributed by atoms with Crippen LogP contribution in [-0.2, 0) is 10.3 Å². The number of carbonyl (C=O) groups is 3. The molecule has 4 amide bonds. The van der Waals surface area contributed by atoms with Gasteiger partial charge in [-0.25, -0.2) is 9.78 Å². The highest BCUT2D eigenvalue weighted by Crippen LogP contribution is 2.30. The first kappa shape index (κ1) is 19.9. The number of benzene rings is 2. The zero-order chi connectivity index (χ0) is 22.3. The molecule has 0 saturated carbocycles. The number of carbonyl (C=O) groups excluding carboxylic acids is 3. The molecule has 0 aliphatic carbocycles. The van der Waals surface area contributed by atoms with E-state index in [1.165, 1.54) is 0 Å². The highest BCUT2D eigenvalue weighted by Gasteiger charge is 2.43. The number of fused-ring (bicyclic) bond motifs is 1. The number of aromatic nitrogens is 1. The van der Waals surface area contributed by atoms with Crippen molar-refractivity contribution in [2.24, 2.45) is 0 Å². The van der Waals surface area contributed by atoms with Crippen LogP contribution in [0.5, 0.6) is 0 Å². The van der Waals surface area contributed by atoms with Gasteiger partial charge in [0.15, 0.2) is 0 Å². The zero-order valence-electron chi connectivity index (χ0n) is 17.0. The van der Waals surface area contributed by atoms with Gasteiger partial charge in [0.1, 0.15) is 5.54 Å². The maximum atomic E-state index is 13.3. The number of nitrogens with zero attached hydrogens (tertiary/aromatic N) is 1. The number of thiophene rings is 1. The Kier molecular flexibility index (Phi) is 4.71. The molecular formula is C24H18N4O3S. The number of imide groups is 1. The summed E-state index contributed by atoms with van der Waals surface area (Å²) in [6.45, 7) is 1.62. The maximum absolute atomic E-state index is 13.3. The van der Waals surface area contributed by atoms with E-state index in [9.17, 15) is 14.4 Å². The van der Waals surface area contributed by atoms with Gasteiger partial charge in [0, 0.05) is 11.1 Å². The summed E-state index contributed by atoms with van der Waals surface area (Å²) in [5, 5.41) is 10.5. The first-order valence-corrected chi connectivity index (χ1v) is 10.8. The van der Waals surface area contributed by atoms with E-state index in [1.807, 2.05) is 41.8 Å². The number of hydrogen-bond donors (Lipinski definition) is 3. The van der Waals surface area contributed by atoms with Crippen LogP contribution in [0.25, 0.3) is 21.5 Å². The van der Waals surface area contributed by atoms with Gasteiger partial charge >= 0.3 is 6.03 Å². The minimum atomic E-state index is -1.20. The highest BCUT2D eigenvalue weighted by molar-refractivity contribution is 7.13. The fourth-order valence-corrected chi connectivity index (χ4v) is 4.45. The van der Waals surface area contributed by atoms with Crippen LogP contribution >= 0.6 is 11.3 Å². The van der Waals surface area contributed by atoms with Gasteiger partial charge in [0.2, 0.25) is 0 Å². The van der Waals surface area contributed by atoms with Crippen LogP contribution in [0, 0.1) is 0 Å². The molecule has 1 aliphatic heterocycles. The number of rotatable bonds is 4. The van der Waals surface area contributed by atoms with Crippen molar-refractivity contribution < 1.29 is 14.4 Å². The number of anilines is 1. The van der Waals surface area contributed by atoms with E-state index >= 15 is 0 Å². The molecule has 4 aromatic rings. The molecule has 1 atom stereocenters. The molecule has 1 fully saturated rings. The number of nitrogens with one attached hydrogen (secondary N) is 3. The fourth-order valence-electron chi connectivity index (χ4n) is 3.77. The first-order chi connectivity index (χ1) is 15.4. The molecule has 1 saturated heterocycles. The molecule has 5 rings (SSSR count). The Balaban J connectivity index is 1.51. The van der Waals surface area contributed by atoms with Gasteiger partial charge in [-0.05, 0) is 48.2 Å². The second-order valence-electron chi connectivity index (χ2n) is 7.62. The lowest BCUT2D eigenvalue weighted by Gasteiger charge is -2.21. The molecule has 158 valence electrons. The summed E-state index contributed by atoms with van der Waals surface area (Å²) >= 11 is 1.56. The van der Waals surface area contributed by atoms with Crippen molar-refractivity contribution in [1.82, 2.24) is 15.6 Å². The number of para-hydroxylation sites is 1. The average molecular weight is 443 g/mol. The molecule has 1 unspecified atom stereocenters. The van der Waals surface area contributed by atoms with E-state index in [1.54, 1.807) is 48.6 Å². The van der Waals surface area contributed by atoms with Crippen LogP contribution in [0.4, 0.5) is 10.5 Å². The molecule has 2 aromatic heterocycles. The van der Waals surface area contributed by atoms with Crippen LogP contribution < -0.4 is 16.0 Å². The van der Waals surface area contributed by atoms with Crippen molar-refractivity contribution in [2.45, 2.75) is 12.5 Å². The average Bonchev–Trinajstić information content (AvgIpc) is 3.41. The summed E-state index contributed by atoms with van der Waals surface area (Å²) < 4.78 is 0. The Labute approximate surface area is 187 Å². The minimum absolute atomic E-state index is 0.288. The molecular weight excluding hydrogens is 424 g/mol. The number of hydrogen-bond acceptors (Lipinski definition) is 5. The van der Waals surface area contributed by atoms with Crippen molar-refractivity contribution in [3.05, 3.63) is 83.2 Å². The Morgan fingerprint density at radius 2 is 1.88 bits per heavy atom. The normalized spacial score (nSPS) is 17.8.